The first kappa shape index (κ1) is 11.0. The molecule has 2 aromatic heterocycles. The Kier molecular flexibility index (Phi) is 2.84. The highest BCUT2D eigenvalue weighted by Gasteiger charge is 2.04. The van der Waals surface area contributed by atoms with E-state index in [9.17, 15) is 0 Å². The first-order chi connectivity index (χ1) is 8.86. The van der Waals surface area contributed by atoms with Crippen molar-refractivity contribution in [1.82, 2.24) is 19.7 Å². The number of fused-ring (bicyclic) bond motifs is 1. The number of aryl methyl sites for hydroxylation is 1. The predicted octanol–water partition coefficient (Wildman–Crippen LogP) is 2.76. The number of benzene rings is 1. The average Bonchev–Trinajstić information content (AvgIpc) is 3.00. The lowest BCUT2D eigenvalue weighted by Crippen LogP contribution is -1.99. The van der Waals surface area contributed by atoms with Gasteiger partial charge in [0.25, 0.3) is 0 Å². The van der Waals surface area contributed by atoms with Crippen molar-refractivity contribution >= 4 is 10.9 Å². The number of nitrogens with zero attached hydrogens (tertiary/aromatic N) is 3. The van der Waals surface area contributed by atoms with Gasteiger partial charge in [-0.1, -0.05) is 19.4 Å². The molecule has 3 aromatic rings. The highest BCUT2D eigenvalue weighted by Crippen LogP contribution is 2.21. The summed E-state index contributed by atoms with van der Waals surface area (Å²) in [7, 11) is 0. The summed E-state index contributed by atoms with van der Waals surface area (Å²) >= 11 is 0. The Bertz CT molecular complexity index is 637. The zero-order valence-electron chi connectivity index (χ0n) is 10.4. The van der Waals surface area contributed by atoms with Gasteiger partial charge in [-0.25, -0.2) is 9.67 Å². The van der Waals surface area contributed by atoms with Gasteiger partial charge in [0.15, 0.2) is 0 Å². The molecular weight excluding hydrogens is 224 g/mol. The van der Waals surface area contributed by atoms with E-state index in [0.29, 0.717) is 0 Å². The third kappa shape index (κ3) is 2.01. The predicted molar refractivity (Wildman–Crippen MR) is 71.4 cm³/mol. The smallest absolute Gasteiger partial charge is 0.137 e. The van der Waals surface area contributed by atoms with E-state index in [2.05, 4.69) is 46.4 Å². The first-order valence-electron chi connectivity index (χ1n) is 6.28. The first-order valence-corrected chi connectivity index (χ1v) is 6.28. The van der Waals surface area contributed by atoms with Crippen LogP contribution in [0.4, 0.5) is 0 Å². The van der Waals surface area contributed by atoms with Gasteiger partial charge in [-0.15, -0.1) is 0 Å². The number of H-pyrrole nitrogens is 1. The zero-order valence-corrected chi connectivity index (χ0v) is 10.4. The summed E-state index contributed by atoms with van der Waals surface area (Å²) in [5, 5.41) is 5.46. The van der Waals surface area contributed by atoms with Crippen LogP contribution in [0.1, 0.15) is 24.5 Å². The highest BCUT2D eigenvalue weighted by molar-refractivity contribution is 5.83. The standard InChI is InChI=1S/C14H16N4/c1-2-3-12-7-16-14-5-4-11(6-13(12)14)8-18-10-15-9-17-18/h4-7,9-10,16H,2-3,8H2,1H3. The summed E-state index contributed by atoms with van der Waals surface area (Å²) in [6.07, 6.45) is 7.71. The Morgan fingerprint density at radius 2 is 2.28 bits per heavy atom. The molecule has 4 nitrogen and oxygen atoms in total. The monoisotopic (exact) mass is 240 g/mol. The lowest BCUT2D eigenvalue weighted by atomic mass is 10.1. The Morgan fingerprint density at radius 3 is 3.06 bits per heavy atom. The number of aromatic nitrogens is 4. The fraction of sp³-hybridized carbons (Fsp3) is 0.286. The molecule has 4 heteroatoms. The summed E-state index contributed by atoms with van der Waals surface area (Å²) in [4.78, 5) is 7.29. The van der Waals surface area contributed by atoms with Crippen LogP contribution in [0, 0.1) is 0 Å². The van der Waals surface area contributed by atoms with Crippen LogP contribution in [0.3, 0.4) is 0 Å². The van der Waals surface area contributed by atoms with E-state index in [4.69, 9.17) is 0 Å². The van der Waals surface area contributed by atoms with Crippen LogP contribution in [0.2, 0.25) is 0 Å². The van der Waals surface area contributed by atoms with Crippen molar-refractivity contribution in [1.29, 1.82) is 0 Å². The molecule has 0 unspecified atom stereocenters. The van der Waals surface area contributed by atoms with E-state index < -0.39 is 0 Å². The number of rotatable bonds is 4. The molecule has 0 bridgehead atoms. The lowest BCUT2D eigenvalue weighted by molar-refractivity contribution is 0.685. The minimum absolute atomic E-state index is 0.771. The van der Waals surface area contributed by atoms with Crippen LogP contribution >= 0.6 is 0 Å². The van der Waals surface area contributed by atoms with Crippen molar-refractivity contribution < 1.29 is 0 Å². The van der Waals surface area contributed by atoms with E-state index in [1.807, 2.05) is 4.68 Å². The Balaban J connectivity index is 1.96. The van der Waals surface area contributed by atoms with E-state index in [1.165, 1.54) is 28.5 Å². The topological polar surface area (TPSA) is 46.5 Å². The van der Waals surface area contributed by atoms with Crippen LogP contribution in [0.15, 0.2) is 37.1 Å². The van der Waals surface area contributed by atoms with E-state index in [1.54, 1.807) is 12.7 Å². The summed E-state index contributed by atoms with van der Waals surface area (Å²) in [5.41, 5.74) is 3.86. The minimum atomic E-state index is 0.771. The molecule has 0 radical (unpaired) electrons. The molecule has 0 saturated heterocycles. The minimum Gasteiger partial charge on any atom is -0.361 e. The quantitative estimate of drug-likeness (QED) is 0.762. The van der Waals surface area contributed by atoms with E-state index >= 15 is 0 Å². The highest BCUT2D eigenvalue weighted by atomic mass is 15.3. The molecule has 0 aliphatic heterocycles. The van der Waals surface area contributed by atoms with Gasteiger partial charge in [0, 0.05) is 17.1 Å². The molecule has 0 saturated carbocycles. The molecule has 1 aromatic carbocycles. The van der Waals surface area contributed by atoms with Crippen LogP contribution in [-0.2, 0) is 13.0 Å². The second-order valence-corrected chi connectivity index (χ2v) is 4.54. The van der Waals surface area contributed by atoms with Gasteiger partial charge < -0.3 is 4.98 Å². The molecule has 0 aliphatic rings. The SMILES string of the molecule is CCCc1c[nH]c2ccc(Cn3cncn3)cc12. The summed E-state index contributed by atoms with van der Waals surface area (Å²) < 4.78 is 1.84. The molecule has 18 heavy (non-hydrogen) atoms. The maximum atomic E-state index is 4.14. The van der Waals surface area contributed by atoms with E-state index in [-0.39, 0.29) is 0 Å². The number of hydrogen-bond donors (Lipinski definition) is 1. The van der Waals surface area contributed by atoms with Gasteiger partial charge in [-0.05, 0) is 29.7 Å². The Labute approximate surface area is 106 Å². The summed E-state index contributed by atoms with van der Waals surface area (Å²) in [5.74, 6) is 0. The maximum absolute atomic E-state index is 4.14. The molecule has 1 N–H and O–H groups in total. The van der Waals surface area contributed by atoms with Gasteiger partial charge in [-0.3, -0.25) is 0 Å². The van der Waals surface area contributed by atoms with Crippen molar-refractivity contribution in [2.75, 3.05) is 0 Å². The van der Waals surface area contributed by atoms with Crippen LogP contribution < -0.4 is 0 Å². The largest absolute Gasteiger partial charge is 0.361 e. The normalized spacial score (nSPS) is 11.2. The zero-order chi connectivity index (χ0) is 12.4. The fourth-order valence-corrected chi connectivity index (χ4v) is 2.30. The molecule has 0 spiro atoms. The van der Waals surface area contributed by atoms with Crippen LogP contribution in [0.25, 0.3) is 10.9 Å². The fourth-order valence-electron chi connectivity index (χ4n) is 2.30. The Morgan fingerprint density at radius 1 is 1.33 bits per heavy atom. The number of aromatic amines is 1. The molecular formula is C14H16N4. The van der Waals surface area contributed by atoms with Crippen LogP contribution in [0.5, 0.6) is 0 Å². The molecule has 0 atom stereocenters. The van der Waals surface area contributed by atoms with Gasteiger partial charge >= 0.3 is 0 Å². The molecule has 0 aliphatic carbocycles. The van der Waals surface area contributed by atoms with Gasteiger partial charge in [0.1, 0.15) is 12.7 Å². The average molecular weight is 240 g/mol. The molecule has 0 amide bonds. The third-order valence-corrected chi connectivity index (χ3v) is 3.16. The summed E-state index contributed by atoms with van der Waals surface area (Å²) in [6.45, 7) is 2.98. The van der Waals surface area contributed by atoms with Crippen molar-refractivity contribution in [3.63, 3.8) is 0 Å². The van der Waals surface area contributed by atoms with Crippen molar-refractivity contribution in [3.05, 3.63) is 48.2 Å². The van der Waals surface area contributed by atoms with Crippen molar-refractivity contribution in [3.8, 4) is 0 Å². The van der Waals surface area contributed by atoms with Crippen molar-refractivity contribution in [2.45, 2.75) is 26.3 Å². The molecule has 0 fully saturated rings. The van der Waals surface area contributed by atoms with E-state index in [0.717, 1.165) is 13.0 Å². The molecule has 3 rings (SSSR count). The number of nitrogens with one attached hydrogen (secondary N) is 1. The Hall–Kier alpha value is -2.10. The van der Waals surface area contributed by atoms with Gasteiger partial charge in [0.05, 0.1) is 6.54 Å². The molecule has 2 heterocycles. The second kappa shape index (κ2) is 4.64. The third-order valence-electron chi connectivity index (χ3n) is 3.16. The maximum Gasteiger partial charge on any atom is 0.137 e. The van der Waals surface area contributed by atoms with Crippen LogP contribution in [-0.4, -0.2) is 19.7 Å². The second-order valence-electron chi connectivity index (χ2n) is 4.54. The van der Waals surface area contributed by atoms with Gasteiger partial charge in [0.2, 0.25) is 0 Å². The van der Waals surface area contributed by atoms with Gasteiger partial charge in [-0.2, -0.15) is 5.10 Å². The molecule has 92 valence electrons. The number of hydrogen-bond acceptors (Lipinski definition) is 2. The summed E-state index contributed by atoms with van der Waals surface area (Å²) in [6, 6.07) is 6.52. The van der Waals surface area contributed by atoms with Crippen molar-refractivity contribution in [2.24, 2.45) is 0 Å². The lowest BCUT2D eigenvalue weighted by Gasteiger charge is -2.03.